The van der Waals surface area contributed by atoms with E-state index in [1.807, 2.05) is 0 Å². The molecule has 0 aliphatic rings. The molecule has 0 heterocycles. The van der Waals surface area contributed by atoms with Crippen molar-refractivity contribution in [3.8, 4) is 0 Å². The monoisotopic (exact) mass is 437 g/mol. The van der Waals surface area contributed by atoms with E-state index in [0.717, 1.165) is 0 Å². The average Bonchev–Trinajstić information content (AvgIpc) is 2.34. The van der Waals surface area contributed by atoms with E-state index in [-0.39, 0.29) is 17.1 Å². The normalized spacial score (nSPS) is 10.4. The molecule has 0 saturated heterocycles. The van der Waals surface area contributed by atoms with Gasteiger partial charge in [-0.25, -0.2) is 4.79 Å². The Hall–Kier alpha value is -2.74. The minimum absolute atomic E-state index is 0. The SMILES string of the molecule is O=C(O)CC(O)(CC(=O)O)C(=O)O.O=C([O-])CC(O)(CC(=O)[O-])C(=O)[O-].[Fe+3]. The molecule has 15 heteroatoms. The fourth-order valence-electron chi connectivity index (χ4n) is 1.40. The molecule has 1 radical (unpaired) electrons. The van der Waals surface area contributed by atoms with Crippen molar-refractivity contribution < 1.29 is 86.7 Å². The molecule has 0 aliphatic heterocycles. The van der Waals surface area contributed by atoms with Crippen LogP contribution in [0.2, 0.25) is 0 Å². The Kier molecular flexibility index (Phi) is 12.7. The molecule has 0 bridgehead atoms. The average molecular weight is 437 g/mol. The predicted molar refractivity (Wildman–Crippen MR) is 66.3 cm³/mol. The molecule has 0 atom stereocenters. The molecule has 0 amide bonds. The van der Waals surface area contributed by atoms with Gasteiger partial charge in [0.25, 0.3) is 0 Å². The number of carboxylic acids is 6. The summed E-state index contributed by atoms with van der Waals surface area (Å²) in [5.41, 5.74) is -5.71. The maximum atomic E-state index is 10.3. The Labute approximate surface area is 160 Å². The Balaban J connectivity index is -0.000000411. The summed E-state index contributed by atoms with van der Waals surface area (Å²) < 4.78 is 0. The van der Waals surface area contributed by atoms with Crippen molar-refractivity contribution in [2.75, 3.05) is 0 Å². The minimum Gasteiger partial charge on any atom is -0.550 e. The van der Waals surface area contributed by atoms with E-state index in [9.17, 15) is 44.1 Å². The van der Waals surface area contributed by atoms with Crippen LogP contribution in [0.1, 0.15) is 25.7 Å². The van der Waals surface area contributed by atoms with Gasteiger partial charge in [0.15, 0.2) is 5.60 Å². The topological polar surface area (TPSA) is 273 Å². The third-order valence-electron chi connectivity index (χ3n) is 2.54. The quantitative estimate of drug-likeness (QED) is 0.199. The second-order valence-corrected chi connectivity index (χ2v) is 4.89. The second kappa shape index (κ2) is 11.8. The minimum atomic E-state index is -2.97. The van der Waals surface area contributed by atoms with Gasteiger partial charge in [0.05, 0.1) is 18.8 Å². The zero-order valence-corrected chi connectivity index (χ0v) is 14.2. The number of hydrogen-bond acceptors (Lipinski definition) is 11. The maximum Gasteiger partial charge on any atom is 3.00 e. The summed E-state index contributed by atoms with van der Waals surface area (Å²) in [4.78, 5) is 60.5. The molecule has 0 aromatic heterocycles. The molecule has 0 unspecified atom stereocenters. The molecule has 0 aromatic carbocycles. The van der Waals surface area contributed by atoms with Gasteiger partial charge in [-0.15, -0.1) is 0 Å². The Morgan fingerprint density at radius 1 is 0.630 bits per heavy atom. The first-order valence-electron chi connectivity index (χ1n) is 6.28. The van der Waals surface area contributed by atoms with Gasteiger partial charge in [-0.3, -0.25) is 9.59 Å². The van der Waals surface area contributed by atoms with Crippen LogP contribution >= 0.6 is 0 Å². The van der Waals surface area contributed by atoms with Crippen molar-refractivity contribution in [3.63, 3.8) is 0 Å². The number of carboxylic acid groups (broad SMARTS) is 6. The number of rotatable bonds is 10. The van der Waals surface area contributed by atoms with Crippen LogP contribution in [0.4, 0.5) is 0 Å². The summed E-state index contributed by atoms with van der Waals surface area (Å²) in [7, 11) is 0. The van der Waals surface area contributed by atoms with Crippen LogP contribution in [0, 0.1) is 0 Å². The molecule has 5 N–H and O–H groups in total. The third kappa shape index (κ3) is 12.3. The molecule has 0 saturated carbocycles. The van der Waals surface area contributed by atoms with Crippen LogP contribution in [-0.2, 0) is 45.8 Å². The molecular weight excluding hydrogens is 424 g/mol. The van der Waals surface area contributed by atoms with Crippen LogP contribution in [-0.4, -0.2) is 72.6 Å². The van der Waals surface area contributed by atoms with Crippen LogP contribution < -0.4 is 15.3 Å². The summed E-state index contributed by atoms with van der Waals surface area (Å²) in [6, 6.07) is 0. The molecule has 14 nitrogen and oxygen atoms in total. The zero-order valence-electron chi connectivity index (χ0n) is 13.1. The molecule has 0 aromatic rings. The Bertz CT molecular complexity index is 513. The first-order valence-corrected chi connectivity index (χ1v) is 6.28. The standard InChI is InChI=1S/2C6H8O7.Fe/c2*7-3(8)1-6(13,5(11)12)2-4(9)10;/h2*13H,1-2H2,(H,7,8)(H,9,10)(H,11,12);/q;;+3/p-3. The summed E-state index contributed by atoms with van der Waals surface area (Å²) >= 11 is 0. The maximum absolute atomic E-state index is 10.3. The third-order valence-corrected chi connectivity index (χ3v) is 2.54. The van der Waals surface area contributed by atoms with E-state index < -0.39 is 72.7 Å². The van der Waals surface area contributed by atoms with E-state index in [1.54, 1.807) is 0 Å². The van der Waals surface area contributed by atoms with Gasteiger partial charge in [-0.2, -0.15) is 0 Å². The molecule has 0 aliphatic carbocycles. The van der Waals surface area contributed by atoms with Crippen molar-refractivity contribution in [2.24, 2.45) is 0 Å². The van der Waals surface area contributed by atoms with Crippen LogP contribution in [0.25, 0.3) is 0 Å². The van der Waals surface area contributed by atoms with E-state index >= 15 is 0 Å². The van der Waals surface area contributed by atoms with Crippen molar-refractivity contribution in [1.82, 2.24) is 0 Å². The molecule has 0 rings (SSSR count). The van der Waals surface area contributed by atoms with Crippen LogP contribution in [0.3, 0.4) is 0 Å². The summed E-state index contributed by atoms with van der Waals surface area (Å²) in [5, 5.41) is 72.7. The molecule has 0 spiro atoms. The van der Waals surface area contributed by atoms with Crippen molar-refractivity contribution >= 4 is 35.8 Å². The first-order chi connectivity index (χ1) is 11.6. The molecular formula is C12H13FeO14. The van der Waals surface area contributed by atoms with Gasteiger partial charge < -0.3 is 55.2 Å². The smallest absolute Gasteiger partial charge is 0.550 e. The van der Waals surface area contributed by atoms with Crippen LogP contribution in [0.15, 0.2) is 0 Å². The number of hydrogen-bond donors (Lipinski definition) is 5. The van der Waals surface area contributed by atoms with Gasteiger partial charge in [0, 0.05) is 24.8 Å². The molecule has 153 valence electrons. The van der Waals surface area contributed by atoms with Gasteiger partial charge in [0.1, 0.15) is 5.60 Å². The fourth-order valence-corrected chi connectivity index (χ4v) is 1.40. The molecule has 27 heavy (non-hydrogen) atoms. The van der Waals surface area contributed by atoms with Crippen molar-refractivity contribution in [2.45, 2.75) is 36.9 Å². The van der Waals surface area contributed by atoms with Gasteiger partial charge in [-0.1, -0.05) is 0 Å². The van der Waals surface area contributed by atoms with E-state index in [1.165, 1.54) is 0 Å². The zero-order chi connectivity index (χ0) is 21.3. The predicted octanol–water partition coefficient (Wildman–Crippen LogP) is -6.50. The number of carbonyl (C=O) groups is 6. The van der Waals surface area contributed by atoms with Gasteiger partial charge >= 0.3 is 35.0 Å². The van der Waals surface area contributed by atoms with Gasteiger partial charge in [0.2, 0.25) is 0 Å². The largest absolute Gasteiger partial charge is 3.00 e. The fraction of sp³-hybridized carbons (Fsp3) is 0.500. The number of aliphatic hydroxyl groups is 2. The second-order valence-electron chi connectivity index (χ2n) is 4.89. The number of carbonyl (C=O) groups excluding carboxylic acids is 3. The Morgan fingerprint density at radius 2 is 0.926 bits per heavy atom. The van der Waals surface area contributed by atoms with E-state index in [2.05, 4.69) is 0 Å². The van der Waals surface area contributed by atoms with Crippen molar-refractivity contribution in [1.29, 1.82) is 0 Å². The molecule has 0 fully saturated rings. The summed E-state index contributed by atoms with van der Waals surface area (Å²) in [5.74, 6) is -11.0. The van der Waals surface area contributed by atoms with E-state index in [4.69, 9.17) is 25.5 Å². The van der Waals surface area contributed by atoms with E-state index in [0.29, 0.717) is 0 Å². The van der Waals surface area contributed by atoms with Crippen molar-refractivity contribution in [3.05, 3.63) is 0 Å². The number of aliphatic carboxylic acids is 6. The van der Waals surface area contributed by atoms with Crippen LogP contribution in [0.5, 0.6) is 0 Å². The Morgan fingerprint density at radius 3 is 1.07 bits per heavy atom. The van der Waals surface area contributed by atoms with Gasteiger partial charge in [-0.05, 0) is 0 Å². The summed E-state index contributed by atoms with van der Waals surface area (Å²) in [6.45, 7) is 0. The summed E-state index contributed by atoms with van der Waals surface area (Å²) in [6.07, 6.45) is -5.00. The first kappa shape index (κ1) is 29.0.